The van der Waals surface area contributed by atoms with E-state index in [0.29, 0.717) is 5.13 Å². The molecular weight excluding hydrogens is 360 g/mol. The minimum atomic E-state index is -3.63. The van der Waals surface area contributed by atoms with Gasteiger partial charge in [0, 0.05) is 18.7 Å². The first-order chi connectivity index (χ1) is 12.0. The normalized spacial score (nSPS) is 16.1. The number of carbonyl (C=O) groups excluding carboxylic acids is 1. The monoisotopic (exact) mass is 380 g/mol. The van der Waals surface area contributed by atoms with Gasteiger partial charge < -0.3 is 0 Å². The van der Waals surface area contributed by atoms with Gasteiger partial charge in [-0.3, -0.25) is 10.1 Å². The van der Waals surface area contributed by atoms with Crippen molar-refractivity contribution in [2.24, 2.45) is 0 Å². The summed E-state index contributed by atoms with van der Waals surface area (Å²) in [5.41, 5.74) is 1.78. The first-order valence-electron chi connectivity index (χ1n) is 8.14. The summed E-state index contributed by atoms with van der Waals surface area (Å²) in [7, 11) is -2.00. The standard InChI is InChI=1S/C16H20N4O3S2/c1-20(13-7-3-2-4-8-13)25(22,23)14-9-5-6-12(10-14)15(21)18-16-19-17-11-24-16/h5-6,9-11,13H,2-4,7-8H2,1H3,(H,18,19,21). The zero-order valence-corrected chi connectivity index (χ0v) is 15.5. The molecule has 1 aliphatic rings. The molecule has 25 heavy (non-hydrogen) atoms. The average Bonchev–Trinajstić information content (AvgIpc) is 3.15. The predicted molar refractivity (Wildman–Crippen MR) is 96.1 cm³/mol. The molecule has 0 spiro atoms. The summed E-state index contributed by atoms with van der Waals surface area (Å²) in [5, 5.41) is 10.4. The predicted octanol–water partition coefficient (Wildman–Crippen LogP) is 2.74. The lowest BCUT2D eigenvalue weighted by Gasteiger charge is -2.30. The third-order valence-electron chi connectivity index (χ3n) is 4.44. The van der Waals surface area contributed by atoms with Gasteiger partial charge in [0.25, 0.3) is 5.91 Å². The highest BCUT2D eigenvalue weighted by molar-refractivity contribution is 7.89. The first kappa shape index (κ1) is 18.0. The highest BCUT2D eigenvalue weighted by Gasteiger charge is 2.29. The minimum absolute atomic E-state index is 0.0256. The van der Waals surface area contributed by atoms with E-state index in [0.717, 1.165) is 32.1 Å². The molecule has 1 saturated carbocycles. The highest BCUT2D eigenvalue weighted by atomic mass is 32.2. The van der Waals surface area contributed by atoms with Crippen LogP contribution < -0.4 is 5.32 Å². The maximum atomic E-state index is 12.9. The lowest BCUT2D eigenvalue weighted by atomic mass is 9.96. The molecule has 1 N–H and O–H groups in total. The molecule has 0 aliphatic heterocycles. The summed E-state index contributed by atoms with van der Waals surface area (Å²) in [5.74, 6) is -0.408. The Morgan fingerprint density at radius 1 is 1.28 bits per heavy atom. The summed E-state index contributed by atoms with van der Waals surface area (Å²) in [6, 6.07) is 6.12. The molecule has 2 aromatic rings. The van der Waals surface area contributed by atoms with Crippen molar-refractivity contribution in [3.8, 4) is 0 Å². The molecular formula is C16H20N4O3S2. The van der Waals surface area contributed by atoms with Crippen LogP contribution in [0.2, 0.25) is 0 Å². The van der Waals surface area contributed by atoms with Crippen LogP contribution >= 0.6 is 11.3 Å². The van der Waals surface area contributed by atoms with Gasteiger partial charge in [0.15, 0.2) is 0 Å². The second-order valence-corrected chi connectivity index (χ2v) is 8.87. The van der Waals surface area contributed by atoms with Crippen molar-refractivity contribution in [3.63, 3.8) is 0 Å². The van der Waals surface area contributed by atoms with E-state index in [9.17, 15) is 13.2 Å². The van der Waals surface area contributed by atoms with Crippen LogP contribution in [0.25, 0.3) is 0 Å². The molecule has 134 valence electrons. The number of hydrogen-bond acceptors (Lipinski definition) is 6. The van der Waals surface area contributed by atoms with Crippen LogP contribution in [0.15, 0.2) is 34.7 Å². The Hall–Kier alpha value is -1.84. The molecule has 1 amide bonds. The summed E-state index contributed by atoms with van der Waals surface area (Å²) in [6.45, 7) is 0. The molecule has 7 nitrogen and oxygen atoms in total. The Kier molecular flexibility index (Phi) is 5.45. The summed E-state index contributed by atoms with van der Waals surface area (Å²) >= 11 is 1.20. The number of nitrogens with one attached hydrogen (secondary N) is 1. The Labute approximate surface area is 151 Å². The van der Waals surface area contributed by atoms with Crippen molar-refractivity contribution >= 4 is 32.4 Å². The molecule has 0 radical (unpaired) electrons. The van der Waals surface area contributed by atoms with Crippen LogP contribution in [0.5, 0.6) is 0 Å². The number of amides is 1. The van der Waals surface area contributed by atoms with Crippen molar-refractivity contribution in [3.05, 3.63) is 35.3 Å². The van der Waals surface area contributed by atoms with Gasteiger partial charge in [-0.2, -0.15) is 4.31 Å². The number of hydrogen-bond donors (Lipinski definition) is 1. The fourth-order valence-electron chi connectivity index (χ4n) is 3.00. The Bertz CT molecular complexity index is 831. The summed E-state index contributed by atoms with van der Waals surface area (Å²) < 4.78 is 27.2. The third-order valence-corrected chi connectivity index (χ3v) is 6.96. The van der Waals surface area contributed by atoms with Gasteiger partial charge in [0.05, 0.1) is 4.90 Å². The van der Waals surface area contributed by atoms with Gasteiger partial charge in [-0.05, 0) is 31.0 Å². The average molecular weight is 380 g/mol. The van der Waals surface area contributed by atoms with Crippen LogP contribution in [-0.4, -0.2) is 41.9 Å². The van der Waals surface area contributed by atoms with Crippen LogP contribution in [0.1, 0.15) is 42.5 Å². The highest BCUT2D eigenvalue weighted by Crippen LogP contribution is 2.26. The van der Waals surface area contributed by atoms with Crippen LogP contribution in [0.3, 0.4) is 0 Å². The van der Waals surface area contributed by atoms with Crippen molar-refractivity contribution in [1.82, 2.24) is 14.5 Å². The molecule has 1 aromatic heterocycles. The fourth-order valence-corrected chi connectivity index (χ4v) is 4.90. The topological polar surface area (TPSA) is 92.3 Å². The van der Waals surface area contributed by atoms with Crippen molar-refractivity contribution in [2.45, 2.75) is 43.0 Å². The molecule has 0 unspecified atom stereocenters. The number of rotatable bonds is 5. The Morgan fingerprint density at radius 3 is 2.72 bits per heavy atom. The second kappa shape index (κ2) is 7.59. The van der Waals surface area contributed by atoms with E-state index in [4.69, 9.17) is 0 Å². The number of aromatic nitrogens is 2. The third kappa shape index (κ3) is 4.05. The van der Waals surface area contributed by atoms with Crippen molar-refractivity contribution in [2.75, 3.05) is 12.4 Å². The smallest absolute Gasteiger partial charge is 0.257 e. The van der Waals surface area contributed by atoms with Crippen molar-refractivity contribution < 1.29 is 13.2 Å². The number of nitrogens with zero attached hydrogens (tertiary/aromatic N) is 3. The zero-order valence-electron chi connectivity index (χ0n) is 13.9. The van der Waals surface area contributed by atoms with Gasteiger partial charge in [-0.25, -0.2) is 8.42 Å². The molecule has 9 heteroatoms. The maximum Gasteiger partial charge on any atom is 0.257 e. The summed E-state index contributed by atoms with van der Waals surface area (Å²) in [4.78, 5) is 12.4. The number of anilines is 1. The van der Waals surface area contributed by atoms with Crippen LogP contribution in [0, 0.1) is 0 Å². The van der Waals surface area contributed by atoms with E-state index in [1.165, 1.54) is 33.3 Å². The van der Waals surface area contributed by atoms with Gasteiger partial charge >= 0.3 is 0 Å². The fraction of sp³-hybridized carbons (Fsp3) is 0.438. The quantitative estimate of drug-likeness (QED) is 0.861. The zero-order chi connectivity index (χ0) is 17.9. The second-order valence-electron chi connectivity index (χ2n) is 6.04. The van der Waals surface area contributed by atoms with Crippen LogP contribution in [-0.2, 0) is 10.0 Å². The largest absolute Gasteiger partial charge is 0.296 e. The van der Waals surface area contributed by atoms with Gasteiger partial charge in [0.2, 0.25) is 15.2 Å². The van der Waals surface area contributed by atoms with Gasteiger partial charge in [-0.15, -0.1) is 10.2 Å². The molecule has 1 aliphatic carbocycles. The molecule has 1 aromatic carbocycles. The van der Waals surface area contributed by atoms with E-state index < -0.39 is 15.9 Å². The Balaban J connectivity index is 1.80. The molecule has 0 atom stereocenters. The van der Waals surface area contributed by atoms with E-state index in [2.05, 4.69) is 15.5 Å². The maximum absolute atomic E-state index is 12.9. The van der Waals surface area contributed by atoms with E-state index in [1.807, 2.05) is 0 Å². The van der Waals surface area contributed by atoms with E-state index in [1.54, 1.807) is 19.2 Å². The first-order valence-corrected chi connectivity index (χ1v) is 10.5. The number of benzene rings is 1. The van der Waals surface area contributed by atoms with Crippen molar-refractivity contribution in [1.29, 1.82) is 0 Å². The van der Waals surface area contributed by atoms with E-state index >= 15 is 0 Å². The minimum Gasteiger partial charge on any atom is -0.296 e. The van der Waals surface area contributed by atoms with E-state index in [-0.39, 0.29) is 16.5 Å². The number of carbonyl (C=O) groups is 1. The van der Waals surface area contributed by atoms with Crippen LogP contribution in [0.4, 0.5) is 5.13 Å². The lowest BCUT2D eigenvalue weighted by Crippen LogP contribution is -2.38. The molecule has 1 heterocycles. The lowest BCUT2D eigenvalue weighted by molar-refractivity contribution is 0.102. The SMILES string of the molecule is CN(C1CCCCC1)S(=O)(=O)c1cccc(C(=O)Nc2nncs2)c1. The van der Waals surface area contributed by atoms with Gasteiger partial charge in [0.1, 0.15) is 5.51 Å². The molecule has 1 fully saturated rings. The molecule has 3 rings (SSSR count). The molecule has 0 bridgehead atoms. The molecule has 0 saturated heterocycles. The summed E-state index contributed by atoms with van der Waals surface area (Å²) in [6.07, 6.45) is 5.02. The van der Waals surface area contributed by atoms with Gasteiger partial charge in [-0.1, -0.05) is 36.7 Å². The Morgan fingerprint density at radius 2 is 2.04 bits per heavy atom. The number of sulfonamides is 1.